The van der Waals surface area contributed by atoms with Gasteiger partial charge in [-0.15, -0.1) is 0 Å². The highest BCUT2D eigenvalue weighted by Gasteiger charge is 1.97. The molecule has 0 aromatic carbocycles. The Bertz CT molecular complexity index is 164. The Balaban J connectivity index is 3.56. The molecule has 0 aromatic rings. The van der Waals surface area contributed by atoms with Gasteiger partial charge in [0.1, 0.15) is 0 Å². The molecule has 0 aliphatic heterocycles. The number of hydrogen-bond donors (Lipinski definition) is 1. The third-order valence-corrected chi connectivity index (χ3v) is 1.64. The van der Waals surface area contributed by atoms with E-state index >= 15 is 0 Å². The van der Waals surface area contributed by atoms with Crippen LogP contribution in [0.25, 0.3) is 0 Å². The van der Waals surface area contributed by atoms with Crippen LogP contribution in [-0.2, 0) is 4.79 Å². The van der Waals surface area contributed by atoms with Crippen molar-refractivity contribution in [3.63, 3.8) is 0 Å². The summed E-state index contributed by atoms with van der Waals surface area (Å²) in [7, 11) is 0. The quantitative estimate of drug-likeness (QED) is 0.498. The van der Waals surface area contributed by atoms with Gasteiger partial charge in [0.2, 0.25) is 5.91 Å². The monoisotopic (exact) mass is 170 g/mol. The standard InChI is InChI=1S/C9H18N2O/c1-4-6-7-9(12)11-10-8(3)5-2/h4-7H2,1-3H3,(H,11,12)/b10-8-. The number of nitrogens with zero attached hydrogens (tertiary/aromatic N) is 1. The minimum absolute atomic E-state index is 0.0182. The van der Waals surface area contributed by atoms with Gasteiger partial charge in [-0.05, 0) is 19.8 Å². The Morgan fingerprint density at radius 2 is 2.08 bits per heavy atom. The van der Waals surface area contributed by atoms with Crippen LogP contribution >= 0.6 is 0 Å². The van der Waals surface area contributed by atoms with Crippen LogP contribution in [0.2, 0.25) is 0 Å². The van der Waals surface area contributed by atoms with E-state index in [9.17, 15) is 4.79 Å². The Morgan fingerprint density at radius 3 is 2.58 bits per heavy atom. The molecule has 0 atom stereocenters. The number of carbonyl (C=O) groups excluding carboxylic acids is 1. The van der Waals surface area contributed by atoms with E-state index in [1.807, 2.05) is 13.8 Å². The van der Waals surface area contributed by atoms with Gasteiger partial charge in [0.05, 0.1) is 0 Å². The Morgan fingerprint density at radius 1 is 1.42 bits per heavy atom. The predicted octanol–water partition coefficient (Wildman–Crippen LogP) is 2.08. The van der Waals surface area contributed by atoms with E-state index in [0.717, 1.165) is 25.0 Å². The zero-order valence-electron chi connectivity index (χ0n) is 8.18. The summed E-state index contributed by atoms with van der Waals surface area (Å²) in [5, 5.41) is 3.91. The molecule has 0 aromatic heterocycles. The lowest BCUT2D eigenvalue weighted by atomic mass is 10.2. The molecule has 3 nitrogen and oxygen atoms in total. The van der Waals surface area contributed by atoms with Gasteiger partial charge in [-0.25, -0.2) is 5.43 Å². The third kappa shape index (κ3) is 5.89. The van der Waals surface area contributed by atoms with Crippen molar-refractivity contribution in [1.82, 2.24) is 5.43 Å². The van der Waals surface area contributed by atoms with Gasteiger partial charge in [-0.3, -0.25) is 4.79 Å². The SMILES string of the molecule is CCCCC(=O)N/N=C(/C)CC. The second kappa shape index (κ2) is 6.83. The topological polar surface area (TPSA) is 41.5 Å². The number of nitrogens with one attached hydrogen (secondary N) is 1. The van der Waals surface area contributed by atoms with E-state index in [4.69, 9.17) is 0 Å². The molecule has 12 heavy (non-hydrogen) atoms. The second-order valence-corrected chi connectivity index (χ2v) is 2.84. The average Bonchev–Trinajstić information content (AvgIpc) is 2.10. The summed E-state index contributed by atoms with van der Waals surface area (Å²) in [6, 6.07) is 0. The van der Waals surface area contributed by atoms with E-state index in [1.165, 1.54) is 0 Å². The zero-order valence-corrected chi connectivity index (χ0v) is 8.18. The molecule has 0 aliphatic rings. The summed E-state index contributed by atoms with van der Waals surface area (Å²) in [5.74, 6) is 0.0182. The number of carbonyl (C=O) groups is 1. The van der Waals surface area contributed by atoms with Gasteiger partial charge in [-0.1, -0.05) is 20.3 Å². The minimum Gasteiger partial charge on any atom is -0.273 e. The maximum Gasteiger partial charge on any atom is 0.240 e. The molecule has 3 heteroatoms. The molecule has 0 aliphatic carbocycles. The molecule has 1 N–H and O–H groups in total. The molecule has 0 bridgehead atoms. The second-order valence-electron chi connectivity index (χ2n) is 2.84. The number of hydrazone groups is 1. The van der Waals surface area contributed by atoms with Crippen molar-refractivity contribution in [2.24, 2.45) is 5.10 Å². The van der Waals surface area contributed by atoms with Gasteiger partial charge in [0, 0.05) is 12.1 Å². The largest absolute Gasteiger partial charge is 0.273 e. The zero-order chi connectivity index (χ0) is 9.40. The average molecular weight is 170 g/mol. The Hall–Kier alpha value is -0.860. The fourth-order valence-corrected chi connectivity index (χ4v) is 0.630. The van der Waals surface area contributed by atoms with E-state index in [-0.39, 0.29) is 5.91 Å². The fraction of sp³-hybridized carbons (Fsp3) is 0.778. The van der Waals surface area contributed by atoms with Crippen LogP contribution in [0.5, 0.6) is 0 Å². The minimum atomic E-state index is 0.0182. The lowest BCUT2D eigenvalue weighted by Crippen LogP contribution is -2.18. The predicted molar refractivity (Wildman–Crippen MR) is 51.1 cm³/mol. The first-order valence-corrected chi connectivity index (χ1v) is 4.52. The first-order valence-electron chi connectivity index (χ1n) is 4.52. The molecule has 0 radical (unpaired) electrons. The van der Waals surface area contributed by atoms with Crippen molar-refractivity contribution in [3.05, 3.63) is 0 Å². The van der Waals surface area contributed by atoms with Crippen LogP contribution in [0, 0.1) is 0 Å². The molecule has 0 fully saturated rings. The molecule has 0 saturated carbocycles. The lowest BCUT2D eigenvalue weighted by molar-refractivity contribution is -0.121. The van der Waals surface area contributed by atoms with Crippen LogP contribution in [0.4, 0.5) is 0 Å². The highest BCUT2D eigenvalue weighted by Crippen LogP contribution is 1.93. The van der Waals surface area contributed by atoms with E-state index < -0.39 is 0 Å². The Labute approximate surface area is 74.2 Å². The summed E-state index contributed by atoms with van der Waals surface area (Å²) >= 11 is 0. The highest BCUT2D eigenvalue weighted by molar-refractivity contribution is 5.84. The normalized spacial score (nSPS) is 11.4. The number of rotatable bonds is 5. The Kier molecular flexibility index (Phi) is 6.34. The first kappa shape index (κ1) is 11.1. The van der Waals surface area contributed by atoms with Gasteiger partial charge in [0.15, 0.2) is 0 Å². The van der Waals surface area contributed by atoms with Crippen LogP contribution in [0.1, 0.15) is 46.5 Å². The third-order valence-electron chi connectivity index (χ3n) is 1.64. The van der Waals surface area contributed by atoms with Crippen molar-refractivity contribution < 1.29 is 4.79 Å². The van der Waals surface area contributed by atoms with Crippen molar-refractivity contribution in [2.45, 2.75) is 46.5 Å². The summed E-state index contributed by atoms with van der Waals surface area (Å²) in [4.78, 5) is 11.0. The molecular weight excluding hydrogens is 152 g/mol. The molecular formula is C9H18N2O. The van der Waals surface area contributed by atoms with Crippen LogP contribution in [0.15, 0.2) is 5.10 Å². The summed E-state index contributed by atoms with van der Waals surface area (Å²) in [6.45, 7) is 5.98. The fourth-order valence-electron chi connectivity index (χ4n) is 0.630. The maximum atomic E-state index is 11.0. The van der Waals surface area contributed by atoms with Crippen molar-refractivity contribution in [1.29, 1.82) is 0 Å². The molecule has 70 valence electrons. The molecule has 0 rings (SSSR count). The van der Waals surface area contributed by atoms with Gasteiger partial charge in [0.25, 0.3) is 0 Å². The van der Waals surface area contributed by atoms with E-state index in [2.05, 4.69) is 17.5 Å². The summed E-state index contributed by atoms with van der Waals surface area (Å²) in [6.07, 6.45) is 3.45. The molecule has 1 amide bonds. The number of hydrogen-bond acceptors (Lipinski definition) is 2. The molecule has 0 saturated heterocycles. The molecule has 0 spiro atoms. The summed E-state index contributed by atoms with van der Waals surface area (Å²) in [5.41, 5.74) is 3.48. The lowest BCUT2D eigenvalue weighted by Gasteiger charge is -1.99. The molecule has 0 unspecified atom stereocenters. The van der Waals surface area contributed by atoms with Gasteiger partial charge >= 0.3 is 0 Å². The number of amides is 1. The van der Waals surface area contributed by atoms with Gasteiger partial charge < -0.3 is 0 Å². The van der Waals surface area contributed by atoms with Crippen LogP contribution < -0.4 is 5.43 Å². The highest BCUT2D eigenvalue weighted by atomic mass is 16.2. The van der Waals surface area contributed by atoms with Crippen molar-refractivity contribution >= 4 is 11.6 Å². The summed E-state index contributed by atoms with van der Waals surface area (Å²) < 4.78 is 0. The molecule has 0 heterocycles. The maximum absolute atomic E-state index is 11.0. The smallest absolute Gasteiger partial charge is 0.240 e. The van der Waals surface area contributed by atoms with Crippen molar-refractivity contribution in [3.8, 4) is 0 Å². The van der Waals surface area contributed by atoms with E-state index in [1.54, 1.807) is 0 Å². The van der Waals surface area contributed by atoms with Crippen LogP contribution in [-0.4, -0.2) is 11.6 Å². The number of unbranched alkanes of at least 4 members (excludes halogenated alkanes) is 1. The van der Waals surface area contributed by atoms with Crippen LogP contribution in [0.3, 0.4) is 0 Å². The van der Waals surface area contributed by atoms with E-state index in [0.29, 0.717) is 6.42 Å². The van der Waals surface area contributed by atoms with Gasteiger partial charge in [-0.2, -0.15) is 5.10 Å². The van der Waals surface area contributed by atoms with Crippen molar-refractivity contribution in [2.75, 3.05) is 0 Å². The first-order chi connectivity index (χ1) is 5.70.